The Hall–Kier alpha value is -2.28. The third-order valence-corrected chi connectivity index (χ3v) is 6.48. The summed E-state index contributed by atoms with van der Waals surface area (Å²) in [5.74, 6) is 1.71. The van der Waals surface area contributed by atoms with Crippen molar-refractivity contribution in [2.75, 3.05) is 7.11 Å². The van der Waals surface area contributed by atoms with Gasteiger partial charge in [-0.25, -0.2) is 0 Å². The molecule has 27 heavy (non-hydrogen) atoms. The molecule has 2 aliphatic heterocycles. The first-order valence-electron chi connectivity index (χ1n) is 8.64. The Labute approximate surface area is 170 Å². The molecule has 5 rings (SSSR count). The summed E-state index contributed by atoms with van der Waals surface area (Å²) in [5.41, 5.74) is 6.85. The van der Waals surface area contributed by atoms with E-state index in [-0.39, 0.29) is 12.3 Å². The van der Waals surface area contributed by atoms with Crippen molar-refractivity contribution in [2.45, 2.75) is 12.3 Å². The maximum atomic E-state index is 6.43. The Morgan fingerprint density at radius 1 is 1.11 bits per heavy atom. The minimum absolute atomic E-state index is 0.0927. The molecule has 3 heterocycles. The molecule has 2 aliphatic rings. The van der Waals surface area contributed by atoms with Gasteiger partial charge in [0.05, 0.1) is 23.7 Å². The van der Waals surface area contributed by atoms with E-state index in [9.17, 15) is 0 Å². The quantitative estimate of drug-likeness (QED) is 0.581. The summed E-state index contributed by atoms with van der Waals surface area (Å²) in [6.07, 6.45) is 1.98. The monoisotopic (exact) mass is 440 g/mol. The first-order chi connectivity index (χ1) is 13.2. The third-order valence-electron chi connectivity index (χ3n) is 4.86. The first-order valence-corrected chi connectivity index (χ1v) is 10.3. The van der Waals surface area contributed by atoms with Crippen molar-refractivity contribution in [1.82, 2.24) is 10.4 Å². The number of hydrazine groups is 1. The largest absolute Gasteiger partial charge is 0.497 e. The number of halogens is 1. The highest BCUT2D eigenvalue weighted by molar-refractivity contribution is 9.10. The number of methoxy groups -OCH3 is 1. The molecule has 2 unspecified atom stereocenters. The molecule has 0 radical (unpaired) electrons. The van der Waals surface area contributed by atoms with Crippen LogP contribution < -0.4 is 14.9 Å². The van der Waals surface area contributed by atoms with Gasteiger partial charge in [0.15, 0.2) is 6.23 Å². The minimum atomic E-state index is -0.289. The smallest absolute Gasteiger partial charge is 0.197 e. The number of fused-ring (bicyclic) bond motifs is 3. The molecule has 136 valence electrons. The number of hydrogen-bond acceptors (Lipinski definition) is 5. The number of hydrogen-bond donors (Lipinski definition) is 1. The third kappa shape index (κ3) is 2.84. The highest BCUT2D eigenvalue weighted by Crippen LogP contribution is 2.47. The van der Waals surface area contributed by atoms with Gasteiger partial charge in [-0.05, 0) is 41.8 Å². The van der Waals surface area contributed by atoms with Crippen LogP contribution in [0, 0.1) is 0 Å². The van der Waals surface area contributed by atoms with Crippen LogP contribution in [0.2, 0.25) is 0 Å². The van der Waals surface area contributed by atoms with Crippen molar-refractivity contribution < 1.29 is 9.47 Å². The molecular formula is C21H17BrN2O2S. The highest BCUT2D eigenvalue weighted by atomic mass is 79.9. The predicted octanol–water partition coefficient (Wildman–Crippen LogP) is 5.51. The second kappa shape index (κ2) is 6.71. The molecule has 4 nitrogen and oxygen atoms in total. The van der Waals surface area contributed by atoms with Gasteiger partial charge in [0.2, 0.25) is 0 Å². The zero-order valence-corrected chi connectivity index (χ0v) is 17.0. The molecule has 0 aliphatic carbocycles. The Morgan fingerprint density at radius 3 is 2.81 bits per heavy atom. The van der Waals surface area contributed by atoms with Crippen LogP contribution in [0.4, 0.5) is 0 Å². The van der Waals surface area contributed by atoms with E-state index in [0.29, 0.717) is 0 Å². The molecule has 2 aromatic carbocycles. The van der Waals surface area contributed by atoms with Crippen molar-refractivity contribution in [3.8, 4) is 11.5 Å². The highest BCUT2D eigenvalue weighted by Gasteiger charge is 2.41. The molecule has 1 N–H and O–H groups in total. The molecule has 2 atom stereocenters. The molecule has 0 fully saturated rings. The summed E-state index contributed by atoms with van der Waals surface area (Å²) in [4.78, 5) is 1.21. The summed E-state index contributed by atoms with van der Waals surface area (Å²) in [5, 5.41) is 4.26. The van der Waals surface area contributed by atoms with E-state index in [1.54, 1.807) is 18.4 Å². The average molecular weight is 441 g/mol. The second-order valence-corrected chi connectivity index (χ2v) is 8.22. The fraction of sp³-hybridized carbons (Fsp3) is 0.143. The lowest BCUT2D eigenvalue weighted by molar-refractivity contribution is -0.0331. The molecule has 0 amide bonds. The van der Waals surface area contributed by atoms with Crippen LogP contribution in [0.5, 0.6) is 11.5 Å². The van der Waals surface area contributed by atoms with Crippen molar-refractivity contribution in [2.24, 2.45) is 0 Å². The van der Waals surface area contributed by atoms with Gasteiger partial charge in [-0.3, -0.25) is 0 Å². The van der Waals surface area contributed by atoms with E-state index in [0.717, 1.165) is 32.8 Å². The molecule has 0 saturated carbocycles. The summed E-state index contributed by atoms with van der Waals surface area (Å²) in [6.45, 7) is 0. The number of rotatable bonds is 3. The summed E-state index contributed by atoms with van der Waals surface area (Å²) in [6, 6.07) is 18.5. The van der Waals surface area contributed by atoms with Crippen LogP contribution in [0.15, 0.2) is 70.5 Å². The topological polar surface area (TPSA) is 33.7 Å². The van der Waals surface area contributed by atoms with E-state index in [2.05, 4.69) is 62.1 Å². The van der Waals surface area contributed by atoms with Crippen molar-refractivity contribution in [1.29, 1.82) is 0 Å². The SMILES string of the molecule is COc1ccc(Br)c(C2Oc3ccccc3C3C=C(c4cccs4)NN32)c1. The van der Waals surface area contributed by atoms with Crippen molar-refractivity contribution in [3.05, 3.63) is 86.5 Å². The van der Waals surface area contributed by atoms with E-state index in [4.69, 9.17) is 9.47 Å². The normalized spacial score (nSPS) is 20.9. The molecule has 0 bridgehead atoms. The van der Waals surface area contributed by atoms with Crippen LogP contribution in [0.1, 0.15) is 28.3 Å². The predicted molar refractivity (Wildman–Crippen MR) is 111 cm³/mol. The van der Waals surface area contributed by atoms with E-state index >= 15 is 0 Å². The summed E-state index contributed by atoms with van der Waals surface area (Å²) in [7, 11) is 1.68. The van der Waals surface area contributed by atoms with Crippen LogP contribution in [-0.2, 0) is 0 Å². The lowest BCUT2D eigenvalue weighted by Crippen LogP contribution is -2.43. The van der Waals surface area contributed by atoms with Gasteiger partial charge < -0.3 is 14.9 Å². The molecule has 6 heteroatoms. The Kier molecular flexibility index (Phi) is 4.19. The molecular weight excluding hydrogens is 424 g/mol. The number of benzene rings is 2. The van der Waals surface area contributed by atoms with Crippen LogP contribution in [0.3, 0.4) is 0 Å². The zero-order valence-electron chi connectivity index (χ0n) is 14.6. The van der Waals surface area contributed by atoms with Gasteiger partial charge in [-0.15, -0.1) is 11.3 Å². The van der Waals surface area contributed by atoms with Crippen LogP contribution >= 0.6 is 27.3 Å². The maximum absolute atomic E-state index is 6.43. The van der Waals surface area contributed by atoms with Gasteiger partial charge in [-0.2, -0.15) is 5.01 Å². The number of para-hydroxylation sites is 1. The van der Waals surface area contributed by atoms with Crippen molar-refractivity contribution >= 4 is 33.0 Å². The number of ether oxygens (including phenoxy) is 2. The van der Waals surface area contributed by atoms with Gasteiger partial charge in [-0.1, -0.05) is 40.2 Å². The zero-order chi connectivity index (χ0) is 18.4. The lowest BCUT2D eigenvalue weighted by Gasteiger charge is -2.39. The Balaban J connectivity index is 1.61. The van der Waals surface area contributed by atoms with Crippen LogP contribution in [0.25, 0.3) is 5.70 Å². The molecule has 1 aromatic heterocycles. The number of nitrogens with one attached hydrogen (secondary N) is 1. The standard InChI is InChI=1S/C21H17BrN2O2S/c1-25-13-8-9-16(22)15(11-13)21-24-18(14-5-2-3-6-19(14)26-21)12-17(23-24)20-7-4-10-27-20/h2-12,18,21,23H,1H3. The Bertz CT molecular complexity index is 1020. The number of thiophene rings is 1. The average Bonchev–Trinajstić information content (AvgIpc) is 3.37. The fourth-order valence-corrected chi connectivity index (χ4v) is 4.70. The van der Waals surface area contributed by atoms with E-state index in [1.807, 2.05) is 30.3 Å². The van der Waals surface area contributed by atoms with Crippen molar-refractivity contribution in [3.63, 3.8) is 0 Å². The summed E-state index contributed by atoms with van der Waals surface area (Å²) >= 11 is 5.41. The minimum Gasteiger partial charge on any atom is -0.497 e. The van der Waals surface area contributed by atoms with Gasteiger partial charge in [0.1, 0.15) is 11.5 Å². The van der Waals surface area contributed by atoms with Gasteiger partial charge in [0.25, 0.3) is 0 Å². The molecule has 3 aromatic rings. The van der Waals surface area contributed by atoms with E-state index in [1.165, 1.54) is 4.88 Å². The maximum Gasteiger partial charge on any atom is 0.197 e. The fourth-order valence-electron chi connectivity index (χ4n) is 3.56. The molecule has 0 saturated heterocycles. The number of nitrogens with zero attached hydrogens (tertiary/aromatic N) is 1. The van der Waals surface area contributed by atoms with E-state index < -0.39 is 0 Å². The van der Waals surface area contributed by atoms with Gasteiger partial charge in [0, 0.05) is 15.6 Å². The first kappa shape index (κ1) is 16.9. The second-order valence-electron chi connectivity index (χ2n) is 6.42. The van der Waals surface area contributed by atoms with Crippen LogP contribution in [-0.4, -0.2) is 12.1 Å². The Morgan fingerprint density at radius 2 is 2.00 bits per heavy atom. The van der Waals surface area contributed by atoms with Gasteiger partial charge >= 0.3 is 0 Å². The molecule has 0 spiro atoms. The lowest BCUT2D eigenvalue weighted by atomic mass is 10.0. The summed E-state index contributed by atoms with van der Waals surface area (Å²) < 4.78 is 12.8.